The lowest BCUT2D eigenvalue weighted by molar-refractivity contribution is 0.348. The first-order valence-corrected chi connectivity index (χ1v) is 7.47. The summed E-state index contributed by atoms with van der Waals surface area (Å²) < 4.78 is 32.4. The number of hydrogen-bond acceptors (Lipinski definition) is 4. The summed E-state index contributed by atoms with van der Waals surface area (Å²) in [7, 11) is -4.06. The second-order valence-electron chi connectivity index (χ2n) is 3.90. The van der Waals surface area contributed by atoms with E-state index in [4.69, 9.17) is 4.55 Å². The molecule has 1 aliphatic rings. The van der Waals surface area contributed by atoms with Crippen LogP contribution in [0.4, 0.5) is 0 Å². The normalized spacial score (nSPS) is 24.2. The highest BCUT2D eigenvalue weighted by atomic mass is 32.2. The zero-order chi connectivity index (χ0) is 11.6. The number of rotatable bonds is 2. The van der Waals surface area contributed by atoms with Crippen LogP contribution in [0.3, 0.4) is 0 Å². The molecule has 90 valence electrons. The van der Waals surface area contributed by atoms with E-state index in [-0.39, 0.29) is 5.92 Å². The summed E-state index contributed by atoms with van der Waals surface area (Å²) in [5.41, 5.74) is 0. The monoisotopic (exact) mass is 262 g/mol. The molecule has 0 aliphatic carbocycles. The van der Waals surface area contributed by atoms with Crippen molar-refractivity contribution in [1.82, 2.24) is 9.29 Å². The topological polar surface area (TPSA) is 70.5 Å². The van der Waals surface area contributed by atoms with Gasteiger partial charge in [-0.25, -0.2) is 4.98 Å². The molecule has 1 N–H and O–H groups in total. The third kappa shape index (κ3) is 2.79. The highest BCUT2D eigenvalue weighted by Crippen LogP contribution is 2.28. The van der Waals surface area contributed by atoms with Gasteiger partial charge in [0.2, 0.25) is 0 Å². The standard InChI is InChI=1S/C9H14N2O3S2/c12-16(13,14)11-5-2-1-3-8(7-11)9-10-4-6-15-9/h4,6,8H,1-3,5,7H2,(H,12,13,14). The average Bonchev–Trinajstić information content (AvgIpc) is 2.60. The number of thiazole rings is 1. The van der Waals surface area contributed by atoms with Gasteiger partial charge in [0.1, 0.15) is 0 Å². The van der Waals surface area contributed by atoms with E-state index in [0.29, 0.717) is 13.1 Å². The molecule has 1 aliphatic heterocycles. The Morgan fingerprint density at radius 1 is 1.50 bits per heavy atom. The molecule has 2 rings (SSSR count). The number of nitrogens with zero attached hydrogens (tertiary/aromatic N) is 2. The second kappa shape index (κ2) is 4.79. The van der Waals surface area contributed by atoms with Crippen molar-refractivity contribution in [3.63, 3.8) is 0 Å². The summed E-state index contributed by atoms with van der Waals surface area (Å²) in [6.07, 6.45) is 4.42. The van der Waals surface area contributed by atoms with Gasteiger partial charge in [0, 0.05) is 30.6 Å². The van der Waals surface area contributed by atoms with E-state index in [0.717, 1.165) is 28.6 Å². The van der Waals surface area contributed by atoms with Crippen LogP contribution in [-0.2, 0) is 10.3 Å². The predicted octanol–water partition coefficient (Wildman–Crippen LogP) is 1.52. The lowest BCUT2D eigenvalue weighted by Crippen LogP contribution is -2.33. The van der Waals surface area contributed by atoms with Gasteiger partial charge >= 0.3 is 10.3 Å². The molecule has 7 heteroatoms. The van der Waals surface area contributed by atoms with E-state index >= 15 is 0 Å². The number of aromatic nitrogens is 1. The summed E-state index contributed by atoms with van der Waals surface area (Å²) in [5.74, 6) is 0.115. The summed E-state index contributed by atoms with van der Waals surface area (Å²) in [4.78, 5) is 4.21. The first kappa shape index (κ1) is 12.0. The Kier molecular flexibility index (Phi) is 3.58. The van der Waals surface area contributed by atoms with Gasteiger partial charge in [0.15, 0.2) is 0 Å². The Labute approximate surface area is 99.0 Å². The predicted molar refractivity (Wildman–Crippen MR) is 61.8 cm³/mol. The molecule has 16 heavy (non-hydrogen) atoms. The first-order valence-electron chi connectivity index (χ1n) is 5.19. The van der Waals surface area contributed by atoms with Gasteiger partial charge in [-0.3, -0.25) is 4.55 Å². The zero-order valence-corrected chi connectivity index (χ0v) is 10.4. The highest BCUT2D eigenvalue weighted by molar-refractivity contribution is 7.83. The summed E-state index contributed by atoms with van der Waals surface area (Å²) in [6, 6.07) is 0. The van der Waals surface area contributed by atoms with Gasteiger partial charge in [0.25, 0.3) is 0 Å². The molecular weight excluding hydrogens is 248 g/mol. The van der Waals surface area contributed by atoms with E-state index in [1.54, 1.807) is 6.20 Å². The van der Waals surface area contributed by atoms with Crippen molar-refractivity contribution in [2.24, 2.45) is 0 Å². The number of hydrogen-bond donors (Lipinski definition) is 1. The zero-order valence-electron chi connectivity index (χ0n) is 8.74. The lowest BCUT2D eigenvalue weighted by atomic mass is 10.1. The molecule has 5 nitrogen and oxygen atoms in total. The van der Waals surface area contributed by atoms with Crippen LogP contribution in [0.2, 0.25) is 0 Å². The largest absolute Gasteiger partial charge is 0.335 e. The fourth-order valence-electron chi connectivity index (χ4n) is 1.95. The van der Waals surface area contributed by atoms with Crippen molar-refractivity contribution in [2.75, 3.05) is 13.1 Å². The Morgan fingerprint density at radius 3 is 2.94 bits per heavy atom. The van der Waals surface area contributed by atoms with Crippen molar-refractivity contribution in [3.8, 4) is 0 Å². The lowest BCUT2D eigenvalue weighted by Gasteiger charge is -2.19. The molecule has 1 saturated heterocycles. The fraction of sp³-hybridized carbons (Fsp3) is 0.667. The molecule has 1 unspecified atom stereocenters. The molecule has 0 saturated carbocycles. The van der Waals surface area contributed by atoms with E-state index in [1.165, 1.54) is 11.3 Å². The van der Waals surface area contributed by atoms with Gasteiger partial charge in [-0.1, -0.05) is 6.42 Å². The SMILES string of the molecule is O=S(=O)(O)N1CCCCC(c2nccs2)C1. The van der Waals surface area contributed by atoms with Gasteiger partial charge in [-0.2, -0.15) is 12.7 Å². The van der Waals surface area contributed by atoms with Gasteiger partial charge in [-0.15, -0.1) is 11.3 Å². The second-order valence-corrected chi connectivity index (χ2v) is 6.24. The van der Waals surface area contributed by atoms with Crippen LogP contribution in [0.15, 0.2) is 11.6 Å². The molecule has 0 radical (unpaired) electrons. The summed E-state index contributed by atoms with van der Waals surface area (Å²) >= 11 is 1.54. The molecule has 1 atom stereocenters. The summed E-state index contributed by atoms with van der Waals surface area (Å²) in [5, 5.41) is 2.84. The third-order valence-corrected chi connectivity index (χ3v) is 4.68. The minimum absolute atomic E-state index is 0.115. The van der Waals surface area contributed by atoms with Crippen molar-refractivity contribution in [2.45, 2.75) is 25.2 Å². The Bertz CT molecular complexity index is 430. The Balaban J connectivity index is 2.16. The van der Waals surface area contributed by atoms with Crippen LogP contribution in [-0.4, -0.2) is 35.3 Å². The van der Waals surface area contributed by atoms with Crippen molar-refractivity contribution in [1.29, 1.82) is 0 Å². The molecule has 1 aromatic heterocycles. The minimum Gasteiger partial charge on any atom is -0.273 e. The molecule has 0 aromatic carbocycles. The van der Waals surface area contributed by atoms with Crippen molar-refractivity contribution < 1.29 is 13.0 Å². The van der Waals surface area contributed by atoms with E-state index in [2.05, 4.69) is 4.98 Å². The molecule has 0 bridgehead atoms. The van der Waals surface area contributed by atoms with E-state index < -0.39 is 10.3 Å². The van der Waals surface area contributed by atoms with Crippen LogP contribution in [0, 0.1) is 0 Å². The fourth-order valence-corrected chi connectivity index (χ4v) is 3.45. The van der Waals surface area contributed by atoms with E-state index in [9.17, 15) is 8.42 Å². The maximum atomic E-state index is 11.1. The van der Waals surface area contributed by atoms with Crippen molar-refractivity contribution in [3.05, 3.63) is 16.6 Å². The van der Waals surface area contributed by atoms with Crippen molar-refractivity contribution >= 4 is 21.6 Å². The third-order valence-electron chi connectivity index (χ3n) is 2.76. The molecule has 0 spiro atoms. The quantitative estimate of drug-likeness (QED) is 0.820. The molecule has 0 amide bonds. The molecule has 1 aromatic rings. The Morgan fingerprint density at radius 2 is 2.31 bits per heavy atom. The summed E-state index contributed by atoms with van der Waals surface area (Å²) in [6.45, 7) is 0.743. The van der Waals surface area contributed by atoms with Crippen LogP contribution >= 0.6 is 11.3 Å². The average molecular weight is 262 g/mol. The molecule has 2 heterocycles. The van der Waals surface area contributed by atoms with Crippen LogP contribution in [0.5, 0.6) is 0 Å². The van der Waals surface area contributed by atoms with Crippen LogP contribution in [0.1, 0.15) is 30.2 Å². The van der Waals surface area contributed by atoms with Crippen LogP contribution in [0.25, 0.3) is 0 Å². The smallest absolute Gasteiger partial charge is 0.273 e. The molecular formula is C9H14N2O3S2. The highest BCUT2D eigenvalue weighted by Gasteiger charge is 2.27. The molecule has 1 fully saturated rings. The van der Waals surface area contributed by atoms with Gasteiger partial charge in [0.05, 0.1) is 5.01 Å². The van der Waals surface area contributed by atoms with Gasteiger partial charge < -0.3 is 0 Å². The van der Waals surface area contributed by atoms with Gasteiger partial charge in [-0.05, 0) is 12.8 Å². The maximum absolute atomic E-state index is 11.1. The van der Waals surface area contributed by atoms with E-state index in [1.807, 2.05) is 5.38 Å². The van der Waals surface area contributed by atoms with Crippen LogP contribution < -0.4 is 0 Å². The maximum Gasteiger partial charge on any atom is 0.335 e. The first-order chi connectivity index (χ1) is 7.57. The minimum atomic E-state index is -4.06. The Hall–Kier alpha value is -0.500.